The highest BCUT2D eigenvalue weighted by molar-refractivity contribution is 9.10. The van der Waals surface area contributed by atoms with Crippen LogP contribution in [0.4, 0.5) is 0 Å². The molecule has 2 aromatic carbocycles. The van der Waals surface area contributed by atoms with E-state index in [1.165, 1.54) is 0 Å². The summed E-state index contributed by atoms with van der Waals surface area (Å²) in [6.45, 7) is 2.54. The Labute approximate surface area is 173 Å². The summed E-state index contributed by atoms with van der Waals surface area (Å²) in [6, 6.07) is 16.1. The topological polar surface area (TPSA) is 47.4 Å². The SMILES string of the molecule is COc1ccc(CN(C(=O)c2cnn(-c3ccc(Br)cc3)c2C)C2CC2)cc1. The number of hydrogen-bond donors (Lipinski definition) is 0. The van der Waals surface area contributed by atoms with Gasteiger partial charge in [-0.2, -0.15) is 5.10 Å². The lowest BCUT2D eigenvalue weighted by atomic mass is 10.1. The Balaban J connectivity index is 1.58. The van der Waals surface area contributed by atoms with Crippen molar-refractivity contribution in [1.82, 2.24) is 14.7 Å². The fourth-order valence-corrected chi connectivity index (χ4v) is 3.56. The van der Waals surface area contributed by atoms with Gasteiger partial charge in [0.2, 0.25) is 0 Å². The highest BCUT2D eigenvalue weighted by atomic mass is 79.9. The monoisotopic (exact) mass is 439 g/mol. The molecule has 1 amide bonds. The Morgan fingerprint density at radius 1 is 1.18 bits per heavy atom. The predicted molar refractivity (Wildman–Crippen MR) is 112 cm³/mol. The molecule has 0 N–H and O–H groups in total. The summed E-state index contributed by atoms with van der Waals surface area (Å²) in [5, 5.41) is 4.47. The number of hydrogen-bond acceptors (Lipinski definition) is 3. The molecule has 0 bridgehead atoms. The summed E-state index contributed by atoms with van der Waals surface area (Å²) in [5.41, 5.74) is 3.54. The van der Waals surface area contributed by atoms with E-state index in [1.807, 2.05) is 65.0 Å². The van der Waals surface area contributed by atoms with Crippen molar-refractivity contribution in [1.29, 1.82) is 0 Å². The van der Waals surface area contributed by atoms with Crippen LogP contribution in [0, 0.1) is 6.92 Å². The second kappa shape index (κ2) is 7.80. The average Bonchev–Trinajstić information content (AvgIpc) is 3.49. The first kappa shape index (κ1) is 18.7. The van der Waals surface area contributed by atoms with Crippen molar-refractivity contribution < 1.29 is 9.53 Å². The molecule has 0 atom stereocenters. The Morgan fingerprint density at radius 2 is 1.86 bits per heavy atom. The fourth-order valence-electron chi connectivity index (χ4n) is 3.30. The second-order valence-electron chi connectivity index (χ2n) is 7.04. The van der Waals surface area contributed by atoms with Crippen LogP contribution in [-0.2, 0) is 6.54 Å². The first-order chi connectivity index (χ1) is 13.6. The van der Waals surface area contributed by atoms with Crippen LogP contribution in [0.15, 0.2) is 59.2 Å². The molecule has 4 rings (SSSR count). The van der Waals surface area contributed by atoms with Crippen LogP contribution >= 0.6 is 15.9 Å². The van der Waals surface area contributed by atoms with E-state index < -0.39 is 0 Å². The molecule has 1 saturated carbocycles. The fraction of sp³-hybridized carbons (Fsp3) is 0.273. The van der Waals surface area contributed by atoms with Gasteiger partial charge in [-0.3, -0.25) is 4.79 Å². The summed E-state index contributed by atoms with van der Waals surface area (Å²) < 4.78 is 8.05. The predicted octanol–water partition coefficient (Wildman–Crippen LogP) is 4.76. The van der Waals surface area contributed by atoms with E-state index in [0.717, 1.165) is 40.0 Å². The third kappa shape index (κ3) is 3.83. The molecule has 0 radical (unpaired) electrons. The van der Waals surface area contributed by atoms with Gasteiger partial charge in [-0.15, -0.1) is 0 Å². The van der Waals surface area contributed by atoms with Crippen molar-refractivity contribution in [2.75, 3.05) is 7.11 Å². The van der Waals surface area contributed by atoms with Gasteiger partial charge in [-0.1, -0.05) is 28.1 Å². The van der Waals surface area contributed by atoms with Gasteiger partial charge in [0.25, 0.3) is 5.91 Å². The summed E-state index contributed by atoms with van der Waals surface area (Å²) >= 11 is 3.45. The number of rotatable bonds is 6. The zero-order valence-corrected chi connectivity index (χ0v) is 17.5. The lowest BCUT2D eigenvalue weighted by molar-refractivity contribution is 0.0729. The van der Waals surface area contributed by atoms with Crippen molar-refractivity contribution in [2.24, 2.45) is 0 Å². The summed E-state index contributed by atoms with van der Waals surface area (Å²) in [6.07, 6.45) is 3.80. The number of methoxy groups -OCH3 is 1. The zero-order chi connectivity index (χ0) is 19.7. The van der Waals surface area contributed by atoms with E-state index in [0.29, 0.717) is 18.2 Å². The first-order valence-corrected chi connectivity index (χ1v) is 10.1. The number of ether oxygens (including phenoxy) is 1. The molecule has 0 aliphatic heterocycles. The Bertz CT molecular complexity index is 976. The van der Waals surface area contributed by atoms with Crippen molar-refractivity contribution in [2.45, 2.75) is 32.4 Å². The maximum atomic E-state index is 13.3. The molecule has 1 fully saturated rings. The molecule has 5 nitrogen and oxygen atoms in total. The largest absolute Gasteiger partial charge is 0.497 e. The molecule has 1 aromatic heterocycles. The van der Waals surface area contributed by atoms with Gasteiger partial charge >= 0.3 is 0 Å². The summed E-state index contributed by atoms with van der Waals surface area (Å²) in [7, 11) is 1.65. The molecule has 3 aromatic rings. The summed E-state index contributed by atoms with van der Waals surface area (Å²) in [4.78, 5) is 15.3. The Hall–Kier alpha value is -2.60. The van der Waals surface area contributed by atoms with Crippen LogP contribution in [0.25, 0.3) is 5.69 Å². The van der Waals surface area contributed by atoms with Gasteiger partial charge in [0.05, 0.1) is 30.3 Å². The van der Waals surface area contributed by atoms with Crippen molar-refractivity contribution in [3.8, 4) is 11.4 Å². The van der Waals surface area contributed by atoms with Gasteiger partial charge in [0.15, 0.2) is 0 Å². The molecular weight excluding hydrogens is 418 g/mol. The maximum Gasteiger partial charge on any atom is 0.257 e. The highest BCUT2D eigenvalue weighted by Gasteiger charge is 2.34. The number of aromatic nitrogens is 2. The number of amides is 1. The molecule has 144 valence electrons. The van der Waals surface area contributed by atoms with E-state index in [4.69, 9.17) is 4.74 Å². The van der Waals surface area contributed by atoms with Crippen molar-refractivity contribution in [3.63, 3.8) is 0 Å². The van der Waals surface area contributed by atoms with Gasteiger partial charge in [0, 0.05) is 17.1 Å². The minimum atomic E-state index is 0.0409. The molecule has 6 heteroatoms. The van der Waals surface area contributed by atoms with E-state index in [2.05, 4.69) is 21.0 Å². The van der Waals surface area contributed by atoms with Crippen LogP contribution in [0.5, 0.6) is 5.75 Å². The third-order valence-electron chi connectivity index (χ3n) is 5.07. The Morgan fingerprint density at radius 3 is 2.46 bits per heavy atom. The van der Waals surface area contributed by atoms with Gasteiger partial charge in [-0.05, 0) is 61.7 Å². The minimum Gasteiger partial charge on any atom is -0.497 e. The number of carbonyl (C=O) groups is 1. The van der Waals surface area contributed by atoms with Crippen LogP contribution in [0.1, 0.15) is 34.5 Å². The quantitative estimate of drug-likeness (QED) is 0.556. The highest BCUT2D eigenvalue weighted by Crippen LogP contribution is 2.31. The lowest BCUT2D eigenvalue weighted by Gasteiger charge is -2.22. The van der Waals surface area contributed by atoms with E-state index in [9.17, 15) is 4.79 Å². The van der Waals surface area contributed by atoms with Gasteiger partial charge in [0.1, 0.15) is 5.75 Å². The van der Waals surface area contributed by atoms with Crippen LogP contribution in [-0.4, -0.2) is 33.7 Å². The molecule has 0 spiro atoms. The van der Waals surface area contributed by atoms with Crippen molar-refractivity contribution in [3.05, 3.63) is 76.0 Å². The van der Waals surface area contributed by atoms with Crippen LogP contribution in [0.3, 0.4) is 0 Å². The van der Waals surface area contributed by atoms with E-state index in [1.54, 1.807) is 13.3 Å². The minimum absolute atomic E-state index is 0.0409. The molecule has 28 heavy (non-hydrogen) atoms. The summed E-state index contributed by atoms with van der Waals surface area (Å²) in [5.74, 6) is 0.860. The number of halogens is 1. The van der Waals surface area contributed by atoms with E-state index in [-0.39, 0.29) is 5.91 Å². The molecular formula is C22H22BrN3O2. The number of carbonyl (C=O) groups excluding carboxylic acids is 1. The molecule has 0 unspecified atom stereocenters. The van der Waals surface area contributed by atoms with Gasteiger partial charge < -0.3 is 9.64 Å². The first-order valence-electron chi connectivity index (χ1n) is 9.31. The number of nitrogens with zero attached hydrogens (tertiary/aromatic N) is 3. The molecule has 1 aliphatic carbocycles. The maximum absolute atomic E-state index is 13.3. The normalized spacial score (nSPS) is 13.4. The van der Waals surface area contributed by atoms with Gasteiger partial charge in [-0.25, -0.2) is 4.68 Å². The van der Waals surface area contributed by atoms with E-state index >= 15 is 0 Å². The van der Waals surface area contributed by atoms with Crippen LogP contribution in [0.2, 0.25) is 0 Å². The zero-order valence-electron chi connectivity index (χ0n) is 15.9. The smallest absolute Gasteiger partial charge is 0.257 e. The average molecular weight is 440 g/mol. The second-order valence-corrected chi connectivity index (χ2v) is 7.96. The van der Waals surface area contributed by atoms with Crippen LogP contribution < -0.4 is 4.74 Å². The molecule has 1 aliphatic rings. The third-order valence-corrected chi connectivity index (χ3v) is 5.60. The number of benzene rings is 2. The van der Waals surface area contributed by atoms with Crippen molar-refractivity contribution >= 4 is 21.8 Å². The molecule has 0 saturated heterocycles. The Kier molecular flexibility index (Phi) is 5.22. The lowest BCUT2D eigenvalue weighted by Crippen LogP contribution is -2.32. The molecule has 1 heterocycles. The standard InChI is InChI=1S/C22H22BrN3O2/c1-15-21(13-24-26(15)19-7-5-17(23)6-8-19)22(27)25(18-9-10-18)14-16-3-11-20(28-2)12-4-16/h3-8,11-13,18H,9-10,14H2,1-2H3.